The molecule has 1 amide bonds. The Morgan fingerprint density at radius 3 is 2.59 bits per heavy atom. The summed E-state index contributed by atoms with van der Waals surface area (Å²) >= 11 is 0. The van der Waals surface area contributed by atoms with Gasteiger partial charge in [-0.15, -0.1) is 0 Å². The van der Waals surface area contributed by atoms with E-state index >= 15 is 0 Å². The van der Waals surface area contributed by atoms with E-state index < -0.39 is 0 Å². The number of fused-ring (bicyclic) bond motifs is 1. The van der Waals surface area contributed by atoms with Gasteiger partial charge in [0.2, 0.25) is 5.91 Å². The Morgan fingerprint density at radius 2 is 1.81 bits per heavy atom. The normalized spacial score (nSPS) is 21.9. The van der Waals surface area contributed by atoms with Crippen LogP contribution in [0.25, 0.3) is 0 Å². The van der Waals surface area contributed by atoms with Gasteiger partial charge in [0.25, 0.3) is 5.56 Å². The van der Waals surface area contributed by atoms with Gasteiger partial charge in [0.15, 0.2) is 0 Å². The predicted molar refractivity (Wildman–Crippen MR) is 102 cm³/mol. The lowest BCUT2D eigenvalue weighted by Crippen LogP contribution is -2.51. The number of amides is 1. The molecule has 0 unspecified atom stereocenters. The van der Waals surface area contributed by atoms with Gasteiger partial charge in [-0.05, 0) is 44.1 Å². The SMILES string of the molecule is O=C(C1CCOCC1)N1CCN(CCn2nc3c(cc2=O)CCCC3)CC1. The molecule has 7 heteroatoms. The molecule has 148 valence electrons. The summed E-state index contributed by atoms with van der Waals surface area (Å²) in [5.41, 5.74) is 2.26. The van der Waals surface area contributed by atoms with E-state index in [0.29, 0.717) is 25.7 Å². The summed E-state index contributed by atoms with van der Waals surface area (Å²) in [7, 11) is 0. The van der Waals surface area contributed by atoms with Gasteiger partial charge in [-0.2, -0.15) is 5.10 Å². The Kier molecular flexibility index (Phi) is 5.88. The van der Waals surface area contributed by atoms with Gasteiger partial charge in [-0.1, -0.05) is 0 Å². The minimum absolute atomic E-state index is 0.0176. The van der Waals surface area contributed by atoms with Crippen LogP contribution in [0.3, 0.4) is 0 Å². The van der Waals surface area contributed by atoms with Gasteiger partial charge in [-0.25, -0.2) is 4.68 Å². The van der Waals surface area contributed by atoms with Crippen LogP contribution in [0.1, 0.15) is 36.9 Å². The zero-order valence-electron chi connectivity index (χ0n) is 16.1. The number of aryl methyl sites for hydroxylation is 2. The number of piperazine rings is 1. The fourth-order valence-corrected chi connectivity index (χ4v) is 4.39. The molecule has 0 atom stereocenters. The molecule has 2 saturated heterocycles. The van der Waals surface area contributed by atoms with Crippen LogP contribution >= 0.6 is 0 Å². The molecule has 3 aliphatic rings. The van der Waals surface area contributed by atoms with E-state index in [1.807, 2.05) is 4.90 Å². The molecule has 0 aromatic carbocycles. The summed E-state index contributed by atoms with van der Waals surface area (Å²) in [5.74, 6) is 0.439. The molecule has 7 nitrogen and oxygen atoms in total. The molecule has 2 fully saturated rings. The third kappa shape index (κ3) is 4.41. The fraction of sp³-hybridized carbons (Fsp3) is 0.750. The van der Waals surface area contributed by atoms with E-state index in [9.17, 15) is 9.59 Å². The molecule has 0 bridgehead atoms. The monoisotopic (exact) mass is 374 g/mol. The third-order valence-corrected chi connectivity index (χ3v) is 6.16. The topological polar surface area (TPSA) is 67.7 Å². The minimum atomic E-state index is 0.0176. The van der Waals surface area contributed by atoms with Gasteiger partial charge in [0.1, 0.15) is 0 Å². The number of ether oxygens (including phenoxy) is 1. The zero-order valence-corrected chi connectivity index (χ0v) is 16.1. The summed E-state index contributed by atoms with van der Waals surface area (Å²) in [6.07, 6.45) is 6.01. The van der Waals surface area contributed by atoms with E-state index in [2.05, 4.69) is 10.00 Å². The van der Waals surface area contributed by atoms with Crippen molar-refractivity contribution >= 4 is 5.91 Å². The van der Waals surface area contributed by atoms with Crippen LogP contribution in [0.4, 0.5) is 0 Å². The second-order valence-corrected chi connectivity index (χ2v) is 7.94. The maximum Gasteiger partial charge on any atom is 0.267 e. The number of carbonyl (C=O) groups is 1. The second-order valence-electron chi connectivity index (χ2n) is 7.94. The quantitative estimate of drug-likeness (QED) is 0.776. The molecule has 27 heavy (non-hydrogen) atoms. The first-order chi connectivity index (χ1) is 13.2. The van der Waals surface area contributed by atoms with Gasteiger partial charge >= 0.3 is 0 Å². The third-order valence-electron chi connectivity index (χ3n) is 6.16. The number of rotatable bonds is 4. The van der Waals surface area contributed by atoms with Crippen molar-refractivity contribution in [2.45, 2.75) is 45.1 Å². The standard InChI is InChI=1S/C20H30N4O3/c25-19-15-17-3-1-2-4-18(17)21-24(19)12-9-22-7-10-23(11-8-22)20(26)16-5-13-27-14-6-16/h15-16H,1-14H2. The first kappa shape index (κ1) is 18.6. The molecule has 1 aromatic rings. The Balaban J connectivity index is 1.27. The van der Waals surface area contributed by atoms with Crippen molar-refractivity contribution in [1.82, 2.24) is 19.6 Å². The van der Waals surface area contributed by atoms with E-state index in [1.54, 1.807) is 10.7 Å². The lowest BCUT2D eigenvalue weighted by atomic mass is 9.97. The summed E-state index contributed by atoms with van der Waals surface area (Å²) < 4.78 is 6.99. The smallest absolute Gasteiger partial charge is 0.267 e. The highest BCUT2D eigenvalue weighted by atomic mass is 16.5. The van der Waals surface area contributed by atoms with Crippen LogP contribution in [0.2, 0.25) is 0 Å². The molecule has 3 heterocycles. The number of carbonyl (C=O) groups excluding carboxylic acids is 1. The van der Waals surface area contributed by atoms with Gasteiger partial charge in [-0.3, -0.25) is 14.5 Å². The van der Waals surface area contributed by atoms with E-state index in [0.717, 1.165) is 76.1 Å². The molecule has 0 saturated carbocycles. The average Bonchev–Trinajstić information content (AvgIpc) is 2.73. The maximum atomic E-state index is 12.6. The molecule has 0 N–H and O–H groups in total. The number of hydrogen-bond acceptors (Lipinski definition) is 5. The van der Waals surface area contributed by atoms with Crippen LogP contribution < -0.4 is 5.56 Å². The van der Waals surface area contributed by atoms with Crippen LogP contribution in [-0.4, -0.2) is 71.4 Å². The lowest BCUT2D eigenvalue weighted by molar-refractivity contribution is -0.140. The van der Waals surface area contributed by atoms with Crippen molar-refractivity contribution < 1.29 is 9.53 Å². The maximum absolute atomic E-state index is 12.6. The first-order valence-corrected chi connectivity index (χ1v) is 10.4. The molecule has 2 aliphatic heterocycles. The van der Waals surface area contributed by atoms with Crippen LogP contribution in [-0.2, 0) is 28.9 Å². The van der Waals surface area contributed by atoms with Crippen LogP contribution in [0.5, 0.6) is 0 Å². The van der Waals surface area contributed by atoms with E-state index in [1.165, 1.54) is 6.42 Å². The van der Waals surface area contributed by atoms with E-state index in [4.69, 9.17) is 4.74 Å². The number of aromatic nitrogens is 2. The first-order valence-electron chi connectivity index (χ1n) is 10.4. The highest BCUT2D eigenvalue weighted by molar-refractivity contribution is 5.79. The van der Waals surface area contributed by atoms with Gasteiger partial charge in [0, 0.05) is 57.9 Å². The Bertz CT molecular complexity index is 718. The van der Waals surface area contributed by atoms with Crippen molar-refractivity contribution in [3.8, 4) is 0 Å². The Morgan fingerprint density at radius 1 is 1.07 bits per heavy atom. The van der Waals surface area contributed by atoms with Crippen molar-refractivity contribution in [1.29, 1.82) is 0 Å². The van der Waals surface area contributed by atoms with Crippen molar-refractivity contribution in [3.63, 3.8) is 0 Å². The average molecular weight is 374 g/mol. The van der Waals surface area contributed by atoms with Gasteiger partial charge < -0.3 is 9.64 Å². The number of nitrogens with zero attached hydrogens (tertiary/aromatic N) is 4. The molecular weight excluding hydrogens is 344 g/mol. The predicted octanol–water partition coefficient (Wildman–Crippen LogP) is 0.693. The minimum Gasteiger partial charge on any atom is -0.381 e. The molecule has 1 aromatic heterocycles. The van der Waals surface area contributed by atoms with Crippen LogP contribution in [0.15, 0.2) is 10.9 Å². The summed E-state index contributed by atoms with van der Waals surface area (Å²) in [5, 5.41) is 4.60. The lowest BCUT2D eigenvalue weighted by Gasteiger charge is -2.37. The van der Waals surface area contributed by atoms with Crippen LogP contribution in [0, 0.1) is 5.92 Å². The zero-order chi connectivity index (χ0) is 18.6. The summed E-state index contributed by atoms with van der Waals surface area (Å²) in [4.78, 5) is 29.3. The molecule has 0 radical (unpaired) electrons. The molecule has 4 rings (SSSR count). The fourth-order valence-electron chi connectivity index (χ4n) is 4.39. The summed E-state index contributed by atoms with van der Waals surface area (Å²) in [6, 6.07) is 1.78. The highest BCUT2D eigenvalue weighted by Crippen LogP contribution is 2.19. The van der Waals surface area contributed by atoms with Crippen molar-refractivity contribution in [2.75, 3.05) is 45.9 Å². The number of hydrogen-bond donors (Lipinski definition) is 0. The van der Waals surface area contributed by atoms with Crippen molar-refractivity contribution in [3.05, 3.63) is 27.7 Å². The van der Waals surface area contributed by atoms with Crippen molar-refractivity contribution in [2.24, 2.45) is 5.92 Å². The molecule has 0 spiro atoms. The molecular formula is C20H30N4O3. The molecule has 1 aliphatic carbocycles. The second kappa shape index (κ2) is 8.52. The largest absolute Gasteiger partial charge is 0.381 e. The van der Waals surface area contributed by atoms with E-state index in [-0.39, 0.29) is 11.5 Å². The highest BCUT2D eigenvalue weighted by Gasteiger charge is 2.28. The Labute approximate surface area is 160 Å². The Hall–Kier alpha value is -1.73. The van der Waals surface area contributed by atoms with Gasteiger partial charge in [0.05, 0.1) is 12.2 Å². The summed E-state index contributed by atoms with van der Waals surface area (Å²) in [6.45, 7) is 6.15.